The van der Waals surface area contributed by atoms with Crippen molar-refractivity contribution >= 4 is 29.1 Å². The highest BCUT2D eigenvalue weighted by Gasteiger charge is 2.36. The minimum absolute atomic E-state index is 0.110. The molecule has 0 aliphatic carbocycles. The molecule has 0 unspecified atom stereocenters. The van der Waals surface area contributed by atoms with Crippen LogP contribution in [-0.4, -0.2) is 23.8 Å². The highest BCUT2D eigenvalue weighted by Crippen LogP contribution is 2.38. The molecule has 0 saturated heterocycles. The number of aromatic nitrogens is 1. The van der Waals surface area contributed by atoms with Crippen LogP contribution in [0.2, 0.25) is 0 Å². The number of halogens is 3. The smallest absolute Gasteiger partial charge is 0.417 e. The molecule has 0 spiro atoms. The van der Waals surface area contributed by atoms with Gasteiger partial charge in [0.1, 0.15) is 11.1 Å². The zero-order valence-corrected chi connectivity index (χ0v) is 13.3. The molecule has 23 heavy (non-hydrogen) atoms. The maximum Gasteiger partial charge on any atom is 0.417 e. The molecule has 0 N–H and O–H groups in total. The summed E-state index contributed by atoms with van der Waals surface area (Å²) in [6.45, 7) is 0. The maximum atomic E-state index is 13.2. The van der Waals surface area contributed by atoms with Crippen molar-refractivity contribution in [3.8, 4) is 16.6 Å². The second-order valence-corrected chi connectivity index (χ2v) is 6.10. The number of alkyl halides is 3. The number of ether oxygens (including phenoxy) is 1. The average Bonchev–Trinajstić information content (AvgIpc) is 3.05. The van der Waals surface area contributed by atoms with E-state index in [-0.39, 0.29) is 16.5 Å². The molecule has 2 rings (SSSR count). The Morgan fingerprint density at radius 1 is 1.52 bits per heavy atom. The highest BCUT2D eigenvalue weighted by atomic mass is 32.2. The molecular formula is C14H9F3N2O2S2. The van der Waals surface area contributed by atoms with Crippen LogP contribution < -0.4 is 0 Å². The number of nitrogens with zero attached hydrogens (tertiary/aromatic N) is 2. The van der Waals surface area contributed by atoms with Crippen LogP contribution in [-0.2, 0) is 15.7 Å². The molecule has 0 radical (unpaired) electrons. The first-order valence-corrected chi connectivity index (χ1v) is 7.99. The van der Waals surface area contributed by atoms with Crippen molar-refractivity contribution in [2.24, 2.45) is 0 Å². The van der Waals surface area contributed by atoms with Gasteiger partial charge >= 0.3 is 12.1 Å². The van der Waals surface area contributed by atoms with Gasteiger partial charge in [0.25, 0.3) is 0 Å². The Morgan fingerprint density at radius 3 is 2.78 bits per heavy atom. The predicted octanol–water partition coefficient (Wildman–Crippen LogP) is 3.97. The number of rotatable bonds is 4. The van der Waals surface area contributed by atoms with E-state index in [9.17, 15) is 18.0 Å². The minimum Gasteiger partial charge on any atom is -0.468 e. The third-order valence-electron chi connectivity index (χ3n) is 2.73. The van der Waals surface area contributed by atoms with Gasteiger partial charge < -0.3 is 4.74 Å². The number of methoxy groups -OCH3 is 1. The van der Waals surface area contributed by atoms with Gasteiger partial charge in [0, 0.05) is 0 Å². The molecule has 0 aliphatic rings. The Kier molecular flexibility index (Phi) is 5.28. The van der Waals surface area contributed by atoms with Crippen LogP contribution in [0.15, 0.2) is 28.6 Å². The number of esters is 1. The van der Waals surface area contributed by atoms with E-state index in [4.69, 9.17) is 5.26 Å². The van der Waals surface area contributed by atoms with Crippen LogP contribution in [0.25, 0.3) is 10.6 Å². The number of hydrogen-bond acceptors (Lipinski definition) is 6. The number of pyridine rings is 1. The van der Waals surface area contributed by atoms with Gasteiger partial charge in [-0.1, -0.05) is 17.8 Å². The molecule has 0 aromatic carbocycles. The van der Waals surface area contributed by atoms with E-state index in [1.54, 1.807) is 17.5 Å². The van der Waals surface area contributed by atoms with Crippen LogP contribution in [0.4, 0.5) is 13.2 Å². The summed E-state index contributed by atoms with van der Waals surface area (Å²) in [7, 11) is 1.17. The third-order valence-corrected chi connectivity index (χ3v) is 4.57. The fourth-order valence-corrected chi connectivity index (χ4v) is 3.22. The molecule has 0 amide bonds. The zero-order valence-electron chi connectivity index (χ0n) is 11.7. The van der Waals surface area contributed by atoms with Crippen molar-refractivity contribution < 1.29 is 22.7 Å². The maximum absolute atomic E-state index is 13.2. The van der Waals surface area contributed by atoms with Gasteiger partial charge in [-0.2, -0.15) is 18.4 Å². The summed E-state index contributed by atoms with van der Waals surface area (Å²) in [5, 5.41) is 10.7. The van der Waals surface area contributed by atoms with Crippen molar-refractivity contribution in [2.45, 2.75) is 11.2 Å². The SMILES string of the molecule is COC(=O)CSc1nc(-c2cccs2)cc(C(F)(F)F)c1C#N. The molecule has 2 aromatic heterocycles. The second-order valence-electron chi connectivity index (χ2n) is 4.19. The molecule has 120 valence electrons. The average molecular weight is 358 g/mol. The first kappa shape index (κ1) is 17.3. The normalized spacial score (nSPS) is 11.1. The minimum atomic E-state index is -4.69. The zero-order chi connectivity index (χ0) is 17.0. The van der Waals surface area contributed by atoms with Gasteiger partial charge in [0.05, 0.1) is 34.6 Å². The summed E-state index contributed by atoms with van der Waals surface area (Å²) in [5.74, 6) is -0.848. The summed E-state index contributed by atoms with van der Waals surface area (Å²) in [4.78, 5) is 15.9. The summed E-state index contributed by atoms with van der Waals surface area (Å²) >= 11 is 1.98. The van der Waals surface area contributed by atoms with E-state index in [1.807, 2.05) is 0 Å². The van der Waals surface area contributed by atoms with Crippen molar-refractivity contribution in [2.75, 3.05) is 12.9 Å². The molecule has 0 fully saturated rings. The van der Waals surface area contributed by atoms with Gasteiger partial charge in [0.15, 0.2) is 0 Å². The standard InChI is InChI=1S/C14H9F3N2O2S2/c1-21-12(20)7-23-13-8(6-18)9(14(15,16)17)5-10(19-13)11-3-2-4-22-11/h2-5H,7H2,1H3. The van der Waals surface area contributed by atoms with Gasteiger partial charge in [-0.3, -0.25) is 4.79 Å². The Morgan fingerprint density at radius 2 is 2.26 bits per heavy atom. The third kappa shape index (κ3) is 4.03. The number of thiophene rings is 1. The van der Waals surface area contributed by atoms with E-state index in [0.717, 1.165) is 17.8 Å². The van der Waals surface area contributed by atoms with Crippen molar-refractivity contribution in [1.29, 1.82) is 5.26 Å². The van der Waals surface area contributed by atoms with Crippen LogP contribution >= 0.6 is 23.1 Å². The Labute approximate surface area is 137 Å². The van der Waals surface area contributed by atoms with Crippen LogP contribution in [0.3, 0.4) is 0 Å². The van der Waals surface area contributed by atoms with Crippen LogP contribution in [0.1, 0.15) is 11.1 Å². The van der Waals surface area contributed by atoms with Crippen molar-refractivity contribution in [1.82, 2.24) is 4.98 Å². The van der Waals surface area contributed by atoms with Gasteiger partial charge in [-0.25, -0.2) is 4.98 Å². The molecule has 0 atom stereocenters. The first-order valence-electron chi connectivity index (χ1n) is 6.12. The van der Waals surface area contributed by atoms with E-state index in [2.05, 4.69) is 9.72 Å². The number of hydrogen-bond donors (Lipinski definition) is 0. The summed E-state index contributed by atoms with van der Waals surface area (Å²) < 4.78 is 44.1. The van der Waals surface area contributed by atoms with E-state index < -0.39 is 23.3 Å². The lowest BCUT2D eigenvalue weighted by atomic mass is 10.1. The lowest BCUT2D eigenvalue weighted by Crippen LogP contribution is -2.11. The Balaban J connectivity index is 2.56. The molecular weight excluding hydrogens is 349 g/mol. The van der Waals surface area contributed by atoms with Crippen LogP contribution in [0.5, 0.6) is 0 Å². The fraction of sp³-hybridized carbons (Fsp3) is 0.214. The summed E-state index contributed by atoms with van der Waals surface area (Å²) in [6, 6.07) is 5.71. The van der Waals surface area contributed by atoms with Gasteiger partial charge in [-0.05, 0) is 17.5 Å². The number of thioether (sulfide) groups is 1. The summed E-state index contributed by atoms with van der Waals surface area (Å²) in [6.07, 6.45) is -4.69. The van der Waals surface area contributed by atoms with Gasteiger partial charge in [-0.15, -0.1) is 11.3 Å². The molecule has 2 aromatic rings. The van der Waals surface area contributed by atoms with Crippen LogP contribution in [0, 0.1) is 11.3 Å². The topological polar surface area (TPSA) is 63.0 Å². The molecule has 0 saturated carbocycles. The van der Waals surface area contributed by atoms with Crippen molar-refractivity contribution in [3.05, 3.63) is 34.7 Å². The Bertz CT molecular complexity index is 753. The molecule has 2 heterocycles. The lowest BCUT2D eigenvalue weighted by Gasteiger charge is -2.13. The van der Waals surface area contributed by atoms with E-state index in [1.165, 1.54) is 24.5 Å². The number of nitriles is 1. The molecule has 4 nitrogen and oxygen atoms in total. The number of carbonyl (C=O) groups excluding carboxylic acids is 1. The quantitative estimate of drug-likeness (QED) is 0.611. The first-order chi connectivity index (χ1) is 10.9. The van der Waals surface area contributed by atoms with Gasteiger partial charge in [0.2, 0.25) is 0 Å². The largest absolute Gasteiger partial charge is 0.468 e. The fourth-order valence-electron chi connectivity index (χ4n) is 1.69. The predicted molar refractivity (Wildman–Crippen MR) is 80.0 cm³/mol. The van der Waals surface area contributed by atoms with E-state index in [0.29, 0.717) is 4.88 Å². The molecule has 0 aliphatic heterocycles. The lowest BCUT2D eigenvalue weighted by molar-refractivity contribution is -0.138. The highest BCUT2D eigenvalue weighted by molar-refractivity contribution is 7.99. The second kappa shape index (κ2) is 7.02. The molecule has 9 heteroatoms. The monoisotopic (exact) mass is 358 g/mol. The number of carbonyl (C=O) groups is 1. The summed E-state index contributed by atoms with van der Waals surface area (Å²) in [5.41, 5.74) is -1.55. The van der Waals surface area contributed by atoms with E-state index >= 15 is 0 Å². The Hall–Kier alpha value is -2.05. The molecule has 0 bridgehead atoms. The van der Waals surface area contributed by atoms with Crippen molar-refractivity contribution in [3.63, 3.8) is 0 Å².